The molecular weight excluding hydrogens is 290 g/mol. The average Bonchev–Trinajstić information content (AvgIpc) is 3.39. The van der Waals surface area contributed by atoms with Crippen LogP contribution in [-0.4, -0.2) is 25.2 Å². The Morgan fingerprint density at radius 1 is 1.26 bits per heavy atom. The molecule has 4 heteroatoms. The summed E-state index contributed by atoms with van der Waals surface area (Å²) < 4.78 is 10.8. The van der Waals surface area contributed by atoms with E-state index in [9.17, 15) is 4.79 Å². The summed E-state index contributed by atoms with van der Waals surface area (Å²) in [5.41, 5.74) is 2.33. The maximum Gasteiger partial charge on any atom is 0.259 e. The first-order valence-corrected chi connectivity index (χ1v) is 7.61. The second kappa shape index (κ2) is 7.11. The lowest BCUT2D eigenvalue weighted by Crippen LogP contribution is -2.15. The van der Waals surface area contributed by atoms with E-state index in [1.807, 2.05) is 42.5 Å². The standard InChI is InChI=1S/C19H19NO3/c1-2-7-14-8-3-5-10-17(14)20-19(21)16-9-4-6-11-18(16)23-13-15-12-22-15/h2-6,8-11,15H,1,7,12-13H2,(H,20,21). The molecule has 118 valence electrons. The Morgan fingerprint density at radius 3 is 2.78 bits per heavy atom. The zero-order valence-electron chi connectivity index (χ0n) is 12.8. The zero-order chi connectivity index (χ0) is 16.1. The summed E-state index contributed by atoms with van der Waals surface area (Å²) >= 11 is 0. The number of amides is 1. The minimum atomic E-state index is -0.186. The second-order valence-corrected chi connectivity index (χ2v) is 5.37. The summed E-state index contributed by atoms with van der Waals surface area (Å²) in [6.07, 6.45) is 2.67. The number of allylic oxidation sites excluding steroid dienone is 1. The predicted molar refractivity (Wildman–Crippen MR) is 90.0 cm³/mol. The Kier molecular flexibility index (Phi) is 4.74. The van der Waals surface area contributed by atoms with Gasteiger partial charge in [-0.15, -0.1) is 6.58 Å². The molecule has 3 rings (SSSR count). The monoisotopic (exact) mass is 309 g/mol. The molecule has 2 aromatic rings. The van der Waals surface area contributed by atoms with Crippen LogP contribution in [0.4, 0.5) is 5.69 Å². The van der Waals surface area contributed by atoms with Crippen LogP contribution >= 0.6 is 0 Å². The Labute approximate surface area is 135 Å². The van der Waals surface area contributed by atoms with Crippen LogP contribution in [0.1, 0.15) is 15.9 Å². The van der Waals surface area contributed by atoms with Crippen LogP contribution in [-0.2, 0) is 11.2 Å². The fraction of sp³-hybridized carbons (Fsp3) is 0.211. The van der Waals surface area contributed by atoms with Gasteiger partial charge >= 0.3 is 0 Å². The molecule has 0 bridgehead atoms. The summed E-state index contributed by atoms with van der Waals surface area (Å²) in [6.45, 7) is 4.95. The summed E-state index contributed by atoms with van der Waals surface area (Å²) in [4.78, 5) is 12.6. The van der Waals surface area contributed by atoms with Crippen molar-refractivity contribution in [3.8, 4) is 5.75 Å². The molecular formula is C19H19NO3. The number of epoxide rings is 1. The number of carbonyl (C=O) groups is 1. The molecule has 0 saturated carbocycles. The predicted octanol–water partition coefficient (Wildman–Crippen LogP) is 3.45. The lowest BCUT2D eigenvalue weighted by molar-refractivity contribution is 0.102. The van der Waals surface area contributed by atoms with Gasteiger partial charge < -0.3 is 14.8 Å². The molecule has 0 spiro atoms. The fourth-order valence-corrected chi connectivity index (χ4v) is 2.29. The highest BCUT2D eigenvalue weighted by molar-refractivity contribution is 6.06. The molecule has 1 saturated heterocycles. The van der Waals surface area contributed by atoms with E-state index in [1.54, 1.807) is 12.1 Å². The number of para-hydroxylation sites is 2. The molecule has 1 amide bonds. The minimum absolute atomic E-state index is 0.152. The lowest BCUT2D eigenvalue weighted by atomic mass is 10.1. The number of hydrogen-bond acceptors (Lipinski definition) is 3. The van der Waals surface area contributed by atoms with E-state index >= 15 is 0 Å². The number of anilines is 1. The first kappa shape index (κ1) is 15.3. The number of benzene rings is 2. The fourth-order valence-electron chi connectivity index (χ4n) is 2.29. The van der Waals surface area contributed by atoms with Gasteiger partial charge in [-0.3, -0.25) is 4.79 Å². The molecule has 23 heavy (non-hydrogen) atoms. The second-order valence-electron chi connectivity index (χ2n) is 5.37. The van der Waals surface area contributed by atoms with Crippen molar-refractivity contribution in [2.24, 2.45) is 0 Å². The van der Waals surface area contributed by atoms with E-state index in [1.165, 1.54) is 0 Å². The van der Waals surface area contributed by atoms with Crippen molar-refractivity contribution in [3.05, 3.63) is 72.3 Å². The van der Waals surface area contributed by atoms with Gasteiger partial charge in [0.05, 0.1) is 12.2 Å². The molecule has 1 fully saturated rings. The third kappa shape index (κ3) is 3.99. The van der Waals surface area contributed by atoms with Gasteiger partial charge in [0, 0.05) is 5.69 Å². The number of ether oxygens (including phenoxy) is 2. The van der Waals surface area contributed by atoms with Crippen LogP contribution in [0.25, 0.3) is 0 Å². The van der Waals surface area contributed by atoms with Crippen LogP contribution < -0.4 is 10.1 Å². The Hall–Kier alpha value is -2.59. The van der Waals surface area contributed by atoms with Gasteiger partial charge in [-0.05, 0) is 30.2 Å². The van der Waals surface area contributed by atoms with Crippen LogP contribution in [0.3, 0.4) is 0 Å². The molecule has 0 aliphatic carbocycles. The topological polar surface area (TPSA) is 50.9 Å². The van der Waals surface area contributed by atoms with E-state index in [2.05, 4.69) is 11.9 Å². The summed E-state index contributed by atoms with van der Waals surface area (Å²) in [6, 6.07) is 14.9. The highest BCUT2D eigenvalue weighted by Gasteiger charge is 2.24. The van der Waals surface area contributed by atoms with E-state index in [0.717, 1.165) is 17.9 Å². The molecule has 1 atom stereocenters. The van der Waals surface area contributed by atoms with E-state index in [4.69, 9.17) is 9.47 Å². The molecule has 1 aliphatic rings. The Balaban J connectivity index is 1.76. The van der Waals surface area contributed by atoms with E-state index in [-0.39, 0.29) is 12.0 Å². The first-order chi connectivity index (χ1) is 11.3. The highest BCUT2D eigenvalue weighted by atomic mass is 16.6. The van der Waals surface area contributed by atoms with Gasteiger partial charge in [0.2, 0.25) is 0 Å². The molecule has 1 N–H and O–H groups in total. The third-order valence-electron chi connectivity index (χ3n) is 3.59. The number of nitrogens with one attached hydrogen (secondary N) is 1. The molecule has 1 unspecified atom stereocenters. The maximum atomic E-state index is 12.6. The van der Waals surface area contributed by atoms with Gasteiger partial charge in [0.1, 0.15) is 18.5 Å². The Morgan fingerprint density at radius 2 is 2.00 bits per heavy atom. The SMILES string of the molecule is C=CCc1ccccc1NC(=O)c1ccccc1OCC1CO1. The largest absolute Gasteiger partial charge is 0.490 e. The molecule has 1 aliphatic heterocycles. The highest BCUT2D eigenvalue weighted by Crippen LogP contribution is 2.23. The lowest BCUT2D eigenvalue weighted by Gasteiger charge is -2.13. The van der Waals surface area contributed by atoms with Crippen molar-refractivity contribution in [2.75, 3.05) is 18.5 Å². The van der Waals surface area contributed by atoms with Crippen molar-refractivity contribution in [1.29, 1.82) is 0 Å². The normalized spacial score (nSPS) is 15.7. The van der Waals surface area contributed by atoms with Crippen molar-refractivity contribution < 1.29 is 14.3 Å². The number of hydrogen-bond donors (Lipinski definition) is 1. The quantitative estimate of drug-likeness (QED) is 0.629. The van der Waals surface area contributed by atoms with Crippen molar-refractivity contribution in [3.63, 3.8) is 0 Å². The van der Waals surface area contributed by atoms with Crippen LogP contribution in [0, 0.1) is 0 Å². The van der Waals surface area contributed by atoms with Gasteiger partial charge in [-0.25, -0.2) is 0 Å². The molecule has 4 nitrogen and oxygen atoms in total. The summed E-state index contributed by atoms with van der Waals surface area (Å²) in [5.74, 6) is 0.385. The van der Waals surface area contributed by atoms with Gasteiger partial charge in [-0.2, -0.15) is 0 Å². The Bertz CT molecular complexity index is 707. The van der Waals surface area contributed by atoms with Crippen molar-refractivity contribution in [2.45, 2.75) is 12.5 Å². The van der Waals surface area contributed by atoms with Gasteiger partial charge in [0.15, 0.2) is 0 Å². The zero-order valence-corrected chi connectivity index (χ0v) is 12.8. The third-order valence-corrected chi connectivity index (χ3v) is 3.59. The number of carbonyl (C=O) groups excluding carboxylic acids is 1. The number of rotatable bonds is 7. The van der Waals surface area contributed by atoms with Crippen LogP contribution in [0.2, 0.25) is 0 Å². The maximum absolute atomic E-state index is 12.6. The molecule has 1 heterocycles. The van der Waals surface area contributed by atoms with Crippen LogP contribution in [0.15, 0.2) is 61.2 Å². The molecule has 0 radical (unpaired) electrons. The summed E-state index contributed by atoms with van der Waals surface area (Å²) in [5, 5.41) is 2.96. The van der Waals surface area contributed by atoms with Crippen molar-refractivity contribution >= 4 is 11.6 Å². The molecule has 2 aromatic carbocycles. The smallest absolute Gasteiger partial charge is 0.259 e. The van der Waals surface area contributed by atoms with Crippen molar-refractivity contribution in [1.82, 2.24) is 0 Å². The van der Waals surface area contributed by atoms with E-state index < -0.39 is 0 Å². The summed E-state index contributed by atoms with van der Waals surface area (Å²) in [7, 11) is 0. The minimum Gasteiger partial charge on any atom is -0.490 e. The first-order valence-electron chi connectivity index (χ1n) is 7.61. The van der Waals surface area contributed by atoms with Crippen LogP contribution in [0.5, 0.6) is 5.75 Å². The molecule has 0 aromatic heterocycles. The van der Waals surface area contributed by atoms with E-state index in [0.29, 0.717) is 24.3 Å². The van der Waals surface area contributed by atoms with Gasteiger partial charge in [0.25, 0.3) is 5.91 Å². The average molecular weight is 309 g/mol. The van der Waals surface area contributed by atoms with Gasteiger partial charge in [-0.1, -0.05) is 36.4 Å².